The van der Waals surface area contributed by atoms with E-state index in [0.29, 0.717) is 11.6 Å². The summed E-state index contributed by atoms with van der Waals surface area (Å²) in [6.45, 7) is 2.89. The minimum absolute atomic E-state index is 0.104. The van der Waals surface area contributed by atoms with Crippen LogP contribution in [0.1, 0.15) is 26.2 Å². The van der Waals surface area contributed by atoms with Crippen molar-refractivity contribution in [3.63, 3.8) is 0 Å². The van der Waals surface area contributed by atoms with Gasteiger partial charge in [-0.25, -0.2) is 0 Å². The molecule has 1 aromatic carbocycles. The fourth-order valence-corrected chi connectivity index (χ4v) is 2.95. The molecule has 106 valence electrons. The van der Waals surface area contributed by atoms with E-state index in [1.807, 2.05) is 18.2 Å². The van der Waals surface area contributed by atoms with Crippen LogP contribution in [0.15, 0.2) is 22.7 Å². The topological polar surface area (TPSA) is 41.5 Å². The molecule has 1 aliphatic heterocycles. The number of aliphatic hydroxyl groups is 1. The van der Waals surface area contributed by atoms with E-state index in [0.717, 1.165) is 29.4 Å². The summed E-state index contributed by atoms with van der Waals surface area (Å²) in [6.07, 6.45) is 2.80. The van der Waals surface area contributed by atoms with Crippen LogP contribution >= 0.6 is 27.5 Å². The Bertz CT molecular complexity index is 443. The highest BCUT2D eigenvalue weighted by Crippen LogP contribution is 2.32. The van der Waals surface area contributed by atoms with E-state index in [1.54, 1.807) is 0 Å². The van der Waals surface area contributed by atoms with Gasteiger partial charge in [-0.15, -0.1) is 0 Å². The molecule has 1 saturated heterocycles. The Morgan fingerprint density at radius 1 is 1.58 bits per heavy atom. The van der Waals surface area contributed by atoms with E-state index in [2.05, 4.69) is 28.2 Å². The van der Waals surface area contributed by atoms with Crippen LogP contribution in [-0.2, 0) is 4.74 Å². The number of benzene rings is 1. The van der Waals surface area contributed by atoms with Crippen molar-refractivity contribution in [3.8, 4) is 0 Å². The molecule has 0 bridgehead atoms. The molecule has 19 heavy (non-hydrogen) atoms. The zero-order valence-electron chi connectivity index (χ0n) is 11.0. The van der Waals surface area contributed by atoms with Gasteiger partial charge in [-0.3, -0.25) is 0 Å². The second-order valence-corrected chi connectivity index (χ2v) is 6.31. The van der Waals surface area contributed by atoms with Crippen molar-refractivity contribution in [2.24, 2.45) is 0 Å². The Hall–Kier alpha value is -0.290. The summed E-state index contributed by atoms with van der Waals surface area (Å²) in [5.74, 6) is 0. The van der Waals surface area contributed by atoms with Crippen molar-refractivity contribution in [1.82, 2.24) is 0 Å². The summed E-state index contributed by atoms with van der Waals surface area (Å²) < 4.78 is 6.54. The van der Waals surface area contributed by atoms with Crippen LogP contribution in [0.3, 0.4) is 0 Å². The lowest BCUT2D eigenvalue weighted by Gasteiger charge is -2.41. The molecule has 0 aliphatic carbocycles. The second kappa shape index (κ2) is 6.44. The molecule has 5 heteroatoms. The summed E-state index contributed by atoms with van der Waals surface area (Å²) >= 11 is 9.41. The lowest BCUT2D eigenvalue weighted by atomic mass is 9.86. The molecule has 3 nitrogen and oxygen atoms in total. The summed E-state index contributed by atoms with van der Waals surface area (Å²) in [6, 6.07) is 5.72. The van der Waals surface area contributed by atoms with Crippen LogP contribution in [0.4, 0.5) is 5.69 Å². The van der Waals surface area contributed by atoms with Gasteiger partial charge in [-0.05, 0) is 53.4 Å². The predicted molar refractivity (Wildman–Crippen MR) is 81.9 cm³/mol. The highest BCUT2D eigenvalue weighted by atomic mass is 79.9. The van der Waals surface area contributed by atoms with Crippen LogP contribution in [0.5, 0.6) is 0 Å². The lowest BCUT2D eigenvalue weighted by Crippen LogP contribution is -2.49. The quantitative estimate of drug-likeness (QED) is 0.869. The van der Waals surface area contributed by atoms with Crippen molar-refractivity contribution in [1.29, 1.82) is 0 Å². The second-order valence-electron chi connectivity index (χ2n) is 5.05. The number of aliphatic hydroxyl groups excluding tert-OH is 1. The van der Waals surface area contributed by atoms with Crippen LogP contribution in [0, 0.1) is 0 Å². The smallest absolute Gasteiger partial charge is 0.0663 e. The van der Waals surface area contributed by atoms with Crippen LogP contribution in [0.2, 0.25) is 5.02 Å². The number of halogens is 2. The predicted octanol–water partition coefficient (Wildman–Crippen LogP) is 3.83. The van der Waals surface area contributed by atoms with Gasteiger partial charge in [0.1, 0.15) is 0 Å². The average Bonchev–Trinajstić information content (AvgIpc) is 2.43. The lowest BCUT2D eigenvalue weighted by molar-refractivity contribution is -0.0273. The molecule has 2 rings (SSSR count). The van der Waals surface area contributed by atoms with Crippen molar-refractivity contribution in [3.05, 3.63) is 27.7 Å². The molecule has 1 fully saturated rings. The summed E-state index contributed by atoms with van der Waals surface area (Å²) in [7, 11) is 0. The summed E-state index contributed by atoms with van der Waals surface area (Å²) in [5, 5.41) is 13.9. The monoisotopic (exact) mass is 347 g/mol. The van der Waals surface area contributed by atoms with Crippen molar-refractivity contribution in [2.75, 3.05) is 18.5 Å². The Kier molecular flexibility index (Phi) is 5.12. The van der Waals surface area contributed by atoms with Gasteiger partial charge in [0.05, 0.1) is 23.3 Å². The van der Waals surface area contributed by atoms with Gasteiger partial charge in [-0.2, -0.15) is 0 Å². The number of rotatable bonds is 4. The van der Waals surface area contributed by atoms with Crippen LogP contribution < -0.4 is 5.32 Å². The minimum Gasteiger partial charge on any atom is -0.394 e. The number of nitrogens with one attached hydrogen (secondary N) is 1. The fourth-order valence-electron chi connectivity index (χ4n) is 2.46. The minimum atomic E-state index is -0.299. The molecule has 0 aromatic heterocycles. The van der Waals surface area contributed by atoms with E-state index >= 15 is 0 Å². The molecule has 1 heterocycles. The third-order valence-corrected chi connectivity index (χ3v) is 4.85. The highest BCUT2D eigenvalue weighted by molar-refractivity contribution is 9.10. The Morgan fingerprint density at radius 3 is 3.00 bits per heavy atom. The van der Waals surface area contributed by atoms with Crippen LogP contribution in [0.25, 0.3) is 0 Å². The molecule has 0 spiro atoms. The normalized spacial score (nSPS) is 27.3. The Balaban J connectivity index is 2.15. The first-order chi connectivity index (χ1) is 9.08. The van der Waals surface area contributed by atoms with Gasteiger partial charge >= 0.3 is 0 Å². The van der Waals surface area contributed by atoms with Gasteiger partial charge in [0.15, 0.2) is 0 Å². The molecule has 0 amide bonds. The zero-order chi connectivity index (χ0) is 13.9. The SMILES string of the molecule is CCC1CC(CO)(Nc2ccc(Cl)c(Br)c2)CCO1. The van der Waals surface area contributed by atoms with Crippen molar-refractivity contribution >= 4 is 33.2 Å². The first-order valence-corrected chi connectivity index (χ1v) is 7.71. The summed E-state index contributed by atoms with van der Waals surface area (Å²) in [5.41, 5.74) is 0.661. The van der Waals surface area contributed by atoms with Gasteiger partial charge in [0, 0.05) is 16.8 Å². The molecule has 2 atom stereocenters. The van der Waals surface area contributed by atoms with Gasteiger partial charge < -0.3 is 15.2 Å². The standard InChI is InChI=1S/C14H19BrClNO2/c1-2-11-8-14(9-18,5-6-19-11)17-10-3-4-13(16)12(15)7-10/h3-4,7,11,17-18H,2,5-6,8-9H2,1H3. The average molecular weight is 349 g/mol. The third-order valence-electron chi connectivity index (χ3n) is 3.64. The number of hydrogen-bond donors (Lipinski definition) is 2. The zero-order valence-corrected chi connectivity index (χ0v) is 13.3. The molecular formula is C14H19BrClNO2. The Morgan fingerprint density at radius 2 is 2.37 bits per heavy atom. The van der Waals surface area contributed by atoms with E-state index in [-0.39, 0.29) is 18.2 Å². The Labute approximate surface area is 127 Å². The van der Waals surface area contributed by atoms with E-state index in [1.165, 1.54) is 0 Å². The first-order valence-electron chi connectivity index (χ1n) is 6.54. The third kappa shape index (κ3) is 3.63. The van der Waals surface area contributed by atoms with Crippen LogP contribution in [-0.4, -0.2) is 30.0 Å². The van der Waals surface area contributed by atoms with Gasteiger partial charge in [-0.1, -0.05) is 18.5 Å². The molecule has 2 unspecified atom stereocenters. The fraction of sp³-hybridized carbons (Fsp3) is 0.571. The van der Waals surface area contributed by atoms with E-state index in [4.69, 9.17) is 16.3 Å². The molecule has 0 saturated carbocycles. The maximum Gasteiger partial charge on any atom is 0.0663 e. The molecule has 1 aromatic rings. The molecular weight excluding hydrogens is 330 g/mol. The summed E-state index contributed by atoms with van der Waals surface area (Å²) in [4.78, 5) is 0. The maximum absolute atomic E-state index is 9.78. The molecule has 1 aliphatic rings. The van der Waals surface area contributed by atoms with Crippen molar-refractivity contribution in [2.45, 2.75) is 37.8 Å². The number of anilines is 1. The first kappa shape index (κ1) is 15.1. The molecule has 2 N–H and O–H groups in total. The molecule has 0 radical (unpaired) electrons. The van der Waals surface area contributed by atoms with E-state index < -0.39 is 0 Å². The number of hydrogen-bond acceptors (Lipinski definition) is 3. The highest BCUT2D eigenvalue weighted by Gasteiger charge is 2.36. The number of ether oxygens (including phenoxy) is 1. The van der Waals surface area contributed by atoms with E-state index in [9.17, 15) is 5.11 Å². The maximum atomic E-state index is 9.78. The van der Waals surface area contributed by atoms with Crippen molar-refractivity contribution < 1.29 is 9.84 Å². The van der Waals surface area contributed by atoms with Gasteiger partial charge in [0.2, 0.25) is 0 Å². The largest absolute Gasteiger partial charge is 0.394 e. The van der Waals surface area contributed by atoms with Gasteiger partial charge in [0.25, 0.3) is 0 Å².